The minimum absolute atomic E-state index is 0.0545. The summed E-state index contributed by atoms with van der Waals surface area (Å²) in [5.74, 6) is -0.189. The summed E-state index contributed by atoms with van der Waals surface area (Å²) >= 11 is 0. The van der Waals surface area contributed by atoms with Crippen LogP contribution in [0.3, 0.4) is 0 Å². The third-order valence-corrected chi connectivity index (χ3v) is 15.1. The van der Waals surface area contributed by atoms with E-state index < -0.39 is 20.0 Å². The Balaban J connectivity index is 3.78. The van der Waals surface area contributed by atoms with Crippen molar-refractivity contribution in [3.05, 3.63) is 36.5 Å². The summed E-state index contributed by atoms with van der Waals surface area (Å²) in [7, 11) is 1.55. The summed E-state index contributed by atoms with van der Waals surface area (Å²) in [4.78, 5) is 23.2. The van der Waals surface area contributed by atoms with E-state index in [1.54, 1.807) is 6.08 Å². The van der Waals surface area contributed by atoms with Crippen molar-refractivity contribution in [3.63, 3.8) is 0 Å². The standard InChI is InChI=1S/C62H121N2O6P/c1-6-8-10-12-14-16-18-19-20-21-22-23-24-25-26-27-28-29-30-31-32-33-34-35-36-37-38-39-40-41-42-43-44-45-46-48-50-52-54-56-62(66)63-60(59-70-71(67,68)69-58-57-64(3,4)5)61(65)55-53-51-49-47-17-15-13-11-9-7-2/h9,11,17,47,53,55,60-61,65H,6-8,10,12-16,18-46,48-52,54,56-59H2,1-5H3,(H-,63,66,67,68)/p+1/b11-9+,47-17+,55-53+. The predicted molar refractivity (Wildman–Crippen MR) is 309 cm³/mol. The maximum absolute atomic E-state index is 12.9. The SMILES string of the molecule is CC/C=C/CC/C=C/CC/C=C/C(O)C(COP(=O)(O)OCC[N+](C)(C)C)NC(=O)CCCCCCCCCCCCCCCCCCCCCCCCCCCCCCCCCCCCCCCCC. The van der Waals surface area contributed by atoms with Gasteiger partial charge in [-0.25, -0.2) is 4.57 Å². The third-order valence-electron chi connectivity index (χ3n) is 14.1. The average molecular weight is 1020 g/mol. The minimum Gasteiger partial charge on any atom is -0.387 e. The lowest BCUT2D eigenvalue weighted by Gasteiger charge is -2.25. The summed E-state index contributed by atoms with van der Waals surface area (Å²) in [5, 5.41) is 13.8. The normalized spacial score (nSPS) is 14.1. The van der Waals surface area contributed by atoms with Crippen LogP contribution >= 0.6 is 7.82 Å². The molecule has 0 saturated heterocycles. The smallest absolute Gasteiger partial charge is 0.387 e. The van der Waals surface area contributed by atoms with E-state index in [0.29, 0.717) is 17.4 Å². The number of carbonyl (C=O) groups is 1. The van der Waals surface area contributed by atoms with Gasteiger partial charge in [-0.1, -0.05) is 294 Å². The zero-order valence-electron chi connectivity index (χ0n) is 48.0. The van der Waals surface area contributed by atoms with Crippen LogP contribution in [0.1, 0.15) is 303 Å². The van der Waals surface area contributed by atoms with Crippen LogP contribution in [0.2, 0.25) is 0 Å². The molecular formula is C62H122N2O6P+. The number of phosphoric acid groups is 1. The molecule has 0 heterocycles. The summed E-state index contributed by atoms with van der Waals surface area (Å²) in [5.41, 5.74) is 0. The molecule has 1 amide bonds. The Labute approximate surface area is 442 Å². The monoisotopic (exact) mass is 1020 g/mol. The lowest BCUT2D eigenvalue weighted by molar-refractivity contribution is -0.870. The molecule has 0 rings (SSSR count). The molecule has 0 aliphatic carbocycles. The highest BCUT2D eigenvalue weighted by molar-refractivity contribution is 7.47. The molecule has 0 aromatic heterocycles. The highest BCUT2D eigenvalue weighted by Crippen LogP contribution is 2.43. The lowest BCUT2D eigenvalue weighted by Crippen LogP contribution is -2.45. The molecular weight excluding hydrogens is 900 g/mol. The van der Waals surface area contributed by atoms with Gasteiger partial charge in [0.05, 0.1) is 39.9 Å². The molecule has 420 valence electrons. The van der Waals surface area contributed by atoms with Crippen molar-refractivity contribution in [2.75, 3.05) is 40.9 Å². The Kier molecular flexibility index (Phi) is 52.6. The van der Waals surface area contributed by atoms with Crippen molar-refractivity contribution >= 4 is 13.7 Å². The number of likely N-dealkylation sites (N-methyl/N-ethyl adjacent to an activating group) is 1. The van der Waals surface area contributed by atoms with E-state index in [1.165, 1.54) is 231 Å². The topological polar surface area (TPSA) is 105 Å². The first-order valence-corrected chi connectivity index (χ1v) is 32.4. The number of aliphatic hydroxyl groups excluding tert-OH is 1. The van der Waals surface area contributed by atoms with Crippen LogP contribution in [0.4, 0.5) is 0 Å². The predicted octanol–water partition coefficient (Wildman–Crippen LogP) is 18.9. The van der Waals surface area contributed by atoms with E-state index in [9.17, 15) is 19.4 Å². The molecule has 3 N–H and O–H groups in total. The second-order valence-corrected chi connectivity index (χ2v) is 23.8. The number of allylic oxidation sites excluding steroid dienone is 5. The number of carbonyl (C=O) groups excluding carboxylic acids is 1. The van der Waals surface area contributed by atoms with E-state index in [0.717, 1.165) is 51.4 Å². The van der Waals surface area contributed by atoms with E-state index in [4.69, 9.17) is 9.05 Å². The number of phosphoric ester groups is 1. The van der Waals surface area contributed by atoms with E-state index in [-0.39, 0.29) is 19.1 Å². The van der Waals surface area contributed by atoms with Gasteiger partial charge in [-0.3, -0.25) is 13.8 Å². The Morgan fingerprint density at radius 1 is 0.479 bits per heavy atom. The fourth-order valence-electron chi connectivity index (χ4n) is 9.32. The van der Waals surface area contributed by atoms with Crippen LogP contribution in [-0.4, -0.2) is 73.4 Å². The molecule has 0 bridgehead atoms. The molecule has 0 aromatic carbocycles. The maximum Gasteiger partial charge on any atom is 0.472 e. The molecule has 3 unspecified atom stereocenters. The number of aliphatic hydroxyl groups is 1. The van der Waals surface area contributed by atoms with Gasteiger partial charge >= 0.3 is 7.82 Å². The van der Waals surface area contributed by atoms with Crippen molar-refractivity contribution < 1.29 is 32.9 Å². The highest BCUT2D eigenvalue weighted by Gasteiger charge is 2.27. The molecule has 0 saturated carbocycles. The van der Waals surface area contributed by atoms with Gasteiger partial charge in [0.1, 0.15) is 13.2 Å². The number of nitrogens with one attached hydrogen (secondary N) is 1. The summed E-state index contributed by atoms with van der Waals surface area (Å²) in [6, 6.07) is -0.866. The summed E-state index contributed by atoms with van der Waals surface area (Å²) in [6.45, 7) is 4.69. The highest BCUT2D eigenvalue weighted by atomic mass is 31.2. The Bertz CT molecular complexity index is 1250. The number of hydrogen-bond donors (Lipinski definition) is 3. The van der Waals surface area contributed by atoms with Crippen molar-refractivity contribution in [1.82, 2.24) is 5.32 Å². The van der Waals surface area contributed by atoms with Gasteiger partial charge in [-0.05, 0) is 38.5 Å². The quantitative estimate of drug-likeness (QED) is 0.0243. The maximum atomic E-state index is 12.9. The first-order chi connectivity index (χ1) is 34.5. The van der Waals surface area contributed by atoms with E-state index in [1.807, 2.05) is 27.2 Å². The molecule has 0 aromatic rings. The second kappa shape index (κ2) is 53.5. The molecule has 8 nitrogen and oxygen atoms in total. The molecule has 71 heavy (non-hydrogen) atoms. The van der Waals surface area contributed by atoms with Gasteiger partial charge in [-0.15, -0.1) is 0 Å². The first-order valence-electron chi connectivity index (χ1n) is 30.9. The van der Waals surface area contributed by atoms with Gasteiger partial charge in [0.2, 0.25) is 5.91 Å². The van der Waals surface area contributed by atoms with Crippen molar-refractivity contribution in [2.24, 2.45) is 0 Å². The van der Waals surface area contributed by atoms with Crippen molar-refractivity contribution in [3.8, 4) is 0 Å². The Hall–Kier alpha value is -1.28. The number of quaternary nitrogens is 1. The number of rotatable bonds is 57. The Morgan fingerprint density at radius 3 is 1.11 bits per heavy atom. The number of unbranched alkanes of at least 4 members (excludes halogenated alkanes) is 40. The minimum atomic E-state index is -4.35. The fraction of sp³-hybridized carbons (Fsp3) is 0.887. The molecule has 0 aliphatic heterocycles. The van der Waals surface area contributed by atoms with Crippen LogP contribution in [0.25, 0.3) is 0 Å². The average Bonchev–Trinajstić information content (AvgIpc) is 3.33. The van der Waals surface area contributed by atoms with Crippen LogP contribution in [0.5, 0.6) is 0 Å². The van der Waals surface area contributed by atoms with Crippen molar-refractivity contribution in [1.29, 1.82) is 0 Å². The zero-order chi connectivity index (χ0) is 52.0. The van der Waals surface area contributed by atoms with Crippen LogP contribution < -0.4 is 5.32 Å². The lowest BCUT2D eigenvalue weighted by atomic mass is 10.0. The number of amides is 1. The summed E-state index contributed by atoms with van der Waals surface area (Å²) < 4.78 is 23.6. The van der Waals surface area contributed by atoms with Gasteiger partial charge in [0.15, 0.2) is 0 Å². The molecule has 0 spiro atoms. The van der Waals surface area contributed by atoms with Crippen molar-refractivity contribution in [2.45, 2.75) is 315 Å². The molecule has 3 atom stereocenters. The van der Waals surface area contributed by atoms with Crippen LogP contribution in [-0.2, 0) is 18.4 Å². The number of nitrogens with zero attached hydrogens (tertiary/aromatic N) is 1. The van der Waals surface area contributed by atoms with E-state index >= 15 is 0 Å². The first kappa shape index (κ1) is 69.7. The molecule has 0 fully saturated rings. The second-order valence-electron chi connectivity index (χ2n) is 22.4. The van der Waals surface area contributed by atoms with E-state index in [2.05, 4.69) is 43.5 Å². The number of hydrogen-bond acceptors (Lipinski definition) is 5. The third kappa shape index (κ3) is 56.3. The van der Waals surface area contributed by atoms with Gasteiger partial charge in [0.25, 0.3) is 0 Å². The van der Waals surface area contributed by atoms with Gasteiger partial charge < -0.3 is 19.8 Å². The van der Waals surface area contributed by atoms with Crippen LogP contribution in [0.15, 0.2) is 36.5 Å². The zero-order valence-corrected chi connectivity index (χ0v) is 48.9. The molecule has 0 aliphatic rings. The fourth-order valence-corrected chi connectivity index (χ4v) is 10.1. The molecule has 0 radical (unpaired) electrons. The van der Waals surface area contributed by atoms with Gasteiger partial charge in [0, 0.05) is 6.42 Å². The largest absolute Gasteiger partial charge is 0.472 e. The van der Waals surface area contributed by atoms with Gasteiger partial charge in [-0.2, -0.15) is 0 Å². The summed E-state index contributed by atoms with van der Waals surface area (Å²) in [6.07, 6.45) is 70.4. The van der Waals surface area contributed by atoms with Crippen LogP contribution in [0, 0.1) is 0 Å². The Morgan fingerprint density at radius 2 is 0.789 bits per heavy atom. The molecule has 9 heteroatoms.